The quantitative estimate of drug-likeness (QED) is 0.252. The summed E-state index contributed by atoms with van der Waals surface area (Å²) >= 11 is 0. The maximum absolute atomic E-state index is 12.9. The van der Waals surface area contributed by atoms with Gasteiger partial charge in [0, 0.05) is 30.9 Å². The molecule has 0 aliphatic carbocycles. The molecule has 0 fully saturated rings. The van der Waals surface area contributed by atoms with Crippen LogP contribution in [0.2, 0.25) is 0 Å². The van der Waals surface area contributed by atoms with Crippen molar-refractivity contribution in [3.05, 3.63) is 95.6 Å². The molecule has 0 atom stereocenters. The third-order valence-corrected chi connectivity index (χ3v) is 8.23. The first-order chi connectivity index (χ1) is 17.9. The highest BCUT2D eigenvalue weighted by atomic mass is 32.2. The number of unbranched alkanes of at least 4 members (excludes halogenated alkanes) is 1. The molecule has 2 aromatic carbocycles. The number of benzene rings is 2. The Morgan fingerprint density at radius 3 is 2.51 bits per heavy atom. The van der Waals surface area contributed by atoms with E-state index >= 15 is 0 Å². The number of aromatic nitrogens is 4. The molecule has 0 spiro atoms. The van der Waals surface area contributed by atoms with Gasteiger partial charge in [-0.3, -0.25) is 14.9 Å². The first-order valence-electron chi connectivity index (χ1n) is 12.5. The van der Waals surface area contributed by atoms with Crippen molar-refractivity contribution in [1.29, 1.82) is 0 Å². The maximum atomic E-state index is 12.9. The van der Waals surface area contributed by atoms with Crippen LogP contribution in [0, 0.1) is 13.8 Å². The highest BCUT2D eigenvalue weighted by Crippen LogP contribution is 2.21. The second-order valence-corrected chi connectivity index (χ2v) is 11.6. The SMILES string of the molecule is Cc1cnc(CN(CCCCS(=O)(=O)c2nc3ccccc3[nH]2)Cc2nccc3ccccc23)c(C)c1. The van der Waals surface area contributed by atoms with Gasteiger partial charge in [-0.15, -0.1) is 0 Å². The zero-order valence-corrected chi connectivity index (χ0v) is 22.0. The Balaban J connectivity index is 1.29. The molecule has 190 valence electrons. The van der Waals surface area contributed by atoms with Crippen LogP contribution in [-0.2, 0) is 22.9 Å². The van der Waals surface area contributed by atoms with Crippen molar-refractivity contribution in [2.45, 2.75) is 44.9 Å². The lowest BCUT2D eigenvalue weighted by atomic mass is 10.1. The van der Waals surface area contributed by atoms with Crippen LogP contribution in [0.25, 0.3) is 21.8 Å². The van der Waals surface area contributed by atoms with Gasteiger partial charge in [0.1, 0.15) is 0 Å². The lowest BCUT2D eigenvalue weighted by molar-refractivity contribution is 0.247. The molecule has 0 unspecified atom stereocenters. The van der Waals surface area contributed by atoms with E-state index in [1.165, 1.54) is 0 Å². The molecule has 0 aliphatic rings. The molecular weight excluding hydrogens is 482 g/mol. The van der Waals surface area contributed by atoms with Crippen molar-refractivity contribution in [2.24, 2.45) is 0 Å². The summed E-state index contributed by atoms with van der Waals surface area (Å²) in [6, 6.07) is 19.8. The van der Waals surface area contributed by atoms with E-state index in [1.54, 1.807) is 0 Å². The van der Waals surface area contributed by atoms with E-state index in [9.17, 15) is 8.42 Å². The number of imidazole rings is 1. The minimum Gasteiger partial charge on any atom is -0.329 e. The molecule has 3 aromatic heterocycles. The minimum absolute atomic E-state index is 0.0463. The van der Waals surface area contributed by atoms with Gasteiger partial charge in [0.05, 0.1) is 28.2 Å². The fourth-order valence-corrected chi connectivity index (χ4v) is 5.94. The standard InChI is InChI=1S/C29H31N5O2S/c1-21-17-22(2)27(31-18-21)19-34(20-28-24-10-4-3-9-23(24)13-14-30-28)15-7-8-16-37(35,36)29-32-25-11-5-6-12-26(25)33-29/h3-6,9-14,17-18H,7-8,15-16,19-20H2,1-2H3,(H,32,33). The third-order valence-electron chi connectivity index (χ3n) is 6.63. The largest absolute Gasteiger partial charge is 0.329 e. The molecule has 0 bridgehead atoms. The summed E-state index contributed by atoms with van der Waals surface area (Å²) in [6.07, 6.45) is 5.02. The molecule has 0 radical (unpaired) electrons. The first kappa shape index (κ1) is 25.0. The molecule has 0 saturated carbocycles. The second kappa shape index (κ2) is 10.8. The van der Waals surface area contributed by atoms with Crippen LogP contribution in [0.1, 0.15) is 35.4 Å². The average Bonchev–Trinajstić information content (AvgIpc) is 3.34. The number of sulfone groups is 1. The van der Waals surface area contributed by atoms with Crippen molar-refractivity contribution >= 4 is 31.6 Å². The van der Waals surface area contributed by atoms with E-state index in [4.69, 9.17) is 0 Å². The number of para-hydroxylation sites is 2. The van der Waals surface area contributed by atoms with Gasteiger partial charge < -0.3 is 4.98 Å². The molecule has 8 heteroatoms. The Morgan fingerprint density at radius 1 is 0.892 bits per heavy atom. The Bertz CT molecular complexity index is 1610. The number of hydrogen-bond donors (Lipinski definition) is 1. The van der Waals surface area contributed by atoms with E-state index in [-0.39, 0.29) is 10.9 Å². The Labute approximate surface area is 217 Å². The van der Waals surface area contributed by atoms with Crippen LogP contribution in [-0.4, -0.2) is 45.6 Å². The molecule has 3 heterocycles. The Kier molecular flexibility index (Phi) is 7.30. The van der Waals surface area contributed by atoms with Gasteiger partial charge in [-0.25, -0.2) is 13.4 Å². The lowest BCUT2D eigenvalue weighted by Gasteiger charge is -2.23. The molecule has 5 aromatic rings. The molecule has 7 nitrogen and oxygen atoms in total. The first-order valence-corrected chi connectivity index (χ1v) is 14.2. The Morgan fingerprint density at radius 2 is 1.68 bits per heavy atom. The van der Waals surface area contributed by atoms with Gasteiger partial charge in [0.25, 0.3) is 0 Å². The zero-order valence-electron chi connectivity index (χ0n) is 21.2. The van der Waals surface area contributed by atoms with Gasteiger partial charge in [0.15, 0.2) is 0 Å². The number of fused-ring (bicyclic) bond motifs is 2. The van der Waals surface area contributed by atoms with Crippen LogP contribution < -0.4 is 0 Å². The molecule has 37 heavy (non-hydrogen) atoms. The number of H-pyrrole nitrogens is 1. The monoisotopic (exact) mass is 513 g/mol. The second-order valence-electron chi connectivity index (χ2n) is 9.55. The fraction of sp³-hybridized carbons (Fsp3) is 0.276. The zero-order chi connectivity index (χ0) is 25.8. The van der Waals surface area contributed by atoms with Crippen LogP contribution in [0.5, 0.6) is 0 Å². The predicted octanol–water partition coefficient (Wildman–Crippen LogP) is 5.38. The fourth-order valence-electron chi connectivity index (χ4n) is 4.66. The van der Waals surface area contributed by atoms with Crippen LogP contribution in [0.3, 0.4) is 0 Å². The molecular formula is C29H31N5O2S. The summed E-state index contributed by atoms with van der Waals surface area (Å²) in [7, 11) is -3.49. The smallest absolute Gasteiger partial charge is 0.226 e. The van der Waals surface area contributed by atoms with Gasteiger partial charge in [0.2, 0.25) is 15.0 Å². The number of nitrogens with one attached hydrogen (secondary N) is 1. The van der Waals surface area contributed by atoms with Gasteiger partial charge >= 0.3 is 0 Å². The van der Waals surface area contributed by atoms with Crippen molar-refractivity contribution in [3.8, 4) is 0 Å². The number of pyridine rings is 2. The van der Waals surface area contributed by atoms with Gasteiger partial charge in [-0.05, 0) is 67.9 Å². The van der Waals surface area contributed by atoms with E-state index in [1.807, 2.05) is 61.8 Å². The van der Waals surface area contributed by atoms with Crippen molar-refractivity contribution < 1.29 is 8.42 Å². The summed E-state index contributed by atoms with van der Waals surface area (Å²) in [4.78, 5) is 18.9. The molecule has 1 N–H and O–H groups in total. The van der Waals surface area contributed by atoms with Crippen molar-refractivity contribution in [3.63, 3.8) is 0 Å². The molecule has 0 aliphatic heterocycles. The van der Waals surface area contributed by atoms with E-state index in [0.717, 1.165) is 51.8 Å². The van der Waals surface area contributed by atoms with Crippen LogP contribution >= 0.6 is 0 Å². The van der Waals surface area contributed by atoms with E-state index in [2.05, 4.69) is 50.0 Å². The van der Waals surface area contributed by atoms with E-state index in [0.29, 0.717) is 25.0 Å². The van der Waals surface area contributed by atoms with Gasteiger partial charge in [-0.1, -0.05) is 42.5 Å². The number of hydrogen-bond acceptors (Lipinski definition) is 6. The molecule has 0 saturated heterocycles. The number of aromatic amines is 1. The maximum Gasteiger partial charge on any atom is 0.226 e. The van der Waals surface area contributed by atoms with Crippen LogP contribution in [0.4, 0.5) is 0 Å². The third kappa shape index (κ3) is 5.87. The summed E-state index contributed by atoms with van der Waals surface area (Å²) in [5.74, 6) is 0.0506. The minimum atomic E-state index is -3.49. The summed E-state index contributed by atoms with van der Waals surface area (Å²) < 4.78 is 25.8. The topological polar surface area (TPSA) is 91.8 Å². The molecule has 0 amide bonds. The Hall–Kier alpha value is -3.62. The molecule has 5 rings (SSSR count). The van der Waals surface area contributed by atoms with E-state index < -0.39 is 9.84 Å². The number of nitrogens with zero attached hydrogens (tertiary/aromatic N) is 4. The predicted molar refractivity (Wildman–Crippen MR) is 147 cm³/mol. The van der Waals surface area contributed by atoms with Crippen molar-refractivity contribution in [2.75, 3.05) is 12.3 Å². The summed E-state index contributed by atoms with van der Waals surface area (Å²) in [5, 5.41) is 2.34. The lowest BCUT2D eigenvalue weighted by Crippen LogP contribution is -2.26. The van der Waals surface area contributed by atoms with Gasteiger partial charge in [-0.2, -0.15) is 0 Å². The van der Waals surface area contributed by atoms with Crippen LogP contribution in [0.15, 0.2) is 78.2 Å². The number of aryl methyl sites for hydroxylation is 2. The summed E-state index contributed by atoms with van der Waals surface area (Å²) in [6.45, 7) is 6.20. The highest BCUT2D eigenvalue weighted by molar-refractivity contribution is 7.91. The summed E-state index contributed by atoms with van der Waals surface area (Å²) in [5.41, 5.74) is 5.73. The highest BCUT2D eigenvalue weighted by Gasteiger charge is 2.19. The van der Waals surface area contributed by atoms with Crippen molar-refractivity contribution in [1.82, 2.24) is 24.8 Å². The average molecular weight is 514 g/mol. The number of rotatable bonds is 10. The normalized spacial score (nSPS) is 12.1.